The Bertz CT molecular complexity index is 571. The first-order valence-electron chi connectivity index (χ1n) is 7.82. The Morgan fingerprint density at radius 2 is 1.95 bits per heavy atom. The Labute approximate surface area is 131 Å². The van der Waals surface area contributed by atoms with Gasteiger partial charge in [-0.25, -0.2) is 4.98 Å². The van der Waals surface area contributed by atoms with Gasteiger partial charge in [-0.3, -0.25) is 4.98 Å². The molecule has 0 atom stereocenters. The summed E-state index contributed by atoms with van der Waals surface area (Å²) in [6, 6.07) is 4.17. The predicted octanol–water partition coefficient (Wildman–Crippen LogP) is 3.50. The van der Waals surface area contributed by atoms with Gasteiger partial charge in [0.2, 0.25) is 0 Å². The first kappa shape index (κ1) is 14.7. The number of nitrogens with zero attached hydrogens (tertiary/aromatic N) is 3. The normalized spacial score (nSPS) is 17.2. The number of hydrogen-bond acceptors (Lipinski definition) is 4. The third-order valence-electron chi connectivity index (χ3n) is 4.30. The van der Waals surface area contributed by atoms with Crippen molar-refractivity contribution in [2.45, 2.75) is 38.5 Å². The van der Waals surface area contributed by atoms with E-state index in [1.54, 1.807) is 4.88 Å². The lowest BCUT2D eigenvalue weighted by Crippen LogP contribution is -2.29. The minimum Gasteiger partial charge on any atom is -0.306 e. The molecular weight excluding hydrogens is 278 g/mol. The molecule has 1 aliphatic heterocycles. The van der Waals surface area contributed by atoms with Crippen LogP contribution in [0.4, 0.5) is 0 Å². The summed E-state index contributed by atoms with van der Waals surface area (Å²) in [4.78, 5) is 13.0. The molecular formula is C17H23N3S. The molecule has 3 nitrogen and oxygen atoms in total. The summed E-state index contributed by atoms with van der Waals surface area (Å²) in [6.07, 6.45) is 8.27. The number of aromatic nitrogens is 2. The second-order valence-corrected chi connectivity index (χ2v) is 7.00. The first-order chi connectivity index (χ1) is 10.3. The molecule has 2 aromatic heterocycles. The van der Waals surface area contributed by atoms with Crippen LogP contribution in [0.3, 0.4) is 0 Å². The summed E-state index contributed by atoms with van der Waals surface area (Å²) in [5.74, 6) is 0.722. The van der Waals surface area contributed by atoms with Crippen LogP contribution < -0.4 is 0 Å². The average Bonchev–Trinajstić information content (AvgIpc) is 2.92. The highest BCUT2D eigenvalue weighted by atomic mass is 32.1. The highest BCUT2D eigenvalue weighted by molar-refractivity contribution is 7.11. The summed E-state index contributed by atoms with van der Waals surface area (Å²) in [5, 5.41) is 1.26. The Balaban J connectivity index is 1.78. The van der Waals surface area contributed by atoms with Crippen LogP contribution in [0, 0.1) is 0 Å². The molecule has 21 heavy (non-hydrogen) atoms. The van der Waals surface area contributed by atoms with Gasteiger partial charge in [-0.2, -0.15) is 0 Å². The van der Waals surface area contributed by atoms with Crippen molar-refractivity contribution in [1.29, 1.82) is 0 Å². The van der Waals surface area contributed by atoms with Gasteiger partial charge in [-0.15, -0.1) is 11.3 Å². The molecule has 0 N–H and O–H groups in total. The van der Waals surface area contributed by atoms with Gasteiger partial charge < -0.3 is 4.90 Å². The van der Waals surface area contributed by atoms with E-state index in [1.807, 2.05) is 23.7 Å². The minimum atomic E-state index is 0.722. The van der Waals surface area contributed by atoms with Crippen molar-refractivity contribution >= 4 is 11.3 Å². The van der Waals surface area contributed by atoms with Crippen molar-refractivity contribution in [2.75, 3.05) is 20.1 Å². The van der Waals surface area contributed by atoms with Gasteiger partial charge in [0, 0.05) is 23.7 Å². The van der Waals surface area contributed by atoms with Gasteiger partial charge in [0.1, 0.15) is 0 Å². The highest BCUT2D eigenvalue weighted by Crippen LogP contribution is 2.35. The van der Waals surface area contributed by atoms with Crippen LogP contribution in [0.5, 0.6) is 0 Å². The number of pyridine rings is 1. The Kier molecular flexibility index (Phi) is 4.66. The van der Waals surface area contributed by atoms with Gasteiger partial charge >= 0.3 is 0 Å². The average molecular weight is 301 g/mol. The Morgan fingerprint density at radius 3 is 2.62 bits per heavy atom. The Morgan fingerprint density at radius 1 is 1.24 bits per heavy atom. The summed E-state index contributed by atoms with van der Waals surface area (Å²) in [5.41, 5.74) is 2.63. The fourth-order valence-electron chi connectivity index (χ4n) is 3.01. The maximum Gasteiger partial charge on any atom is 0.0975 e. The third-order valence-corrected chi connectivity index (χ3v) is 5.56. The van der Waals surface area contributed by atoms with Crippen LogP contribution in [0.2, 0.25) is 0 Å². The molecule has 0 saturated carbocycles. The van der Waals surface area contributed by atoms with E-state index < -0.39 is 0 Å². The molecule has 4 heteroatoms. The smallest absolute Gasteiger partial charge is 0.0975 e. The highest BCUT2D eigenvalue weighted by Gasteiger charge is 2.23. The zero-order valence-corrected chi connectivity index (χ0v) is 13.7. The van der Waals surface area contributed by atoms with E-state index in [9.17, 15) is 0 Å². The SMILES string of the molecule is CCc1nc(Cc2ccncc2)sc1C1CCN(C)CC1. The summed E-state index contributed by atoms with van der Waals surface area (Å²) < 4.78 is 0. The van der Waals surface area contributed by atoms with Crippen LogP contribution in [0.25, 0.3) is 0 Å². The predicted molar refractivity (Wildman–Crippen MR) is 88.0 cm³/mol. The van der Waals surface area contributed by atoms with E-state index in [0.29, 0.717) is 0 Å². The summed E-state index contributed by atoms with van der Waals surface area (Å²) in [7, 11) is 2.22. The number of aryl methyl sites for hydroxylation is 1. The number of rotatable bonds is 4. The van der Waals surface area contributed by atoms with Crippen molar-refractivity contribution < 1.29 is 0 Å². The maximum absolute atomic E-state index is 4.90. The van der Waals surface area contributed by atoms with Crippen molar-refractivity contribution in [2.24, 2.45) is 0 Å². The molecule has 1 aliphatic rings. The van der Waals surface area contributed by atoms with Crippen molar-refractivity contribution in [1.82, 2.24) is 14.9 Å². The molecule has 0 radical (unpaired) electrons. The van der Waals surface area contributed by atoms with Crippen LogP contribution >= 0.6 is 11.3 Å². The standard InChI is InChI=1S/C17H23N3S/c1-3-15-17(14-6-10-20(2)11-7-14)21-16(19-15)12-13-4-8-18-9-5-13/h4-5,8-9,14H,3,6-7,10-12H2,1-2H3. The molecule has 1 saturated heterocycles. The minimum absolute atomic E-state index is 0.722. The van der Waals surface area contributed by atoms with Crippen LogP contribution in [0.15, 0.2) is 24.5 Å². The van der Waals surface area contributed by atoms with Gasteiger partial charge in [-0.05, 0) is 63.0 Å². The van der Waals surface area contributed by atoms with E-state index in [2.05, 4.69) is 36.0 Å². The summed E-state index contributed by atoms with van der Waals surface area (Å²) in [6.45, 7) is 4.65. The van der Waals surface area contributed by atoms with Crippen LogP contribution in [0.1, 0.15) is 46.8 Å². The molecule has 0 aromatic carbocycles. The molecule has 1 fully saturated rings. The van der Waals surface area contributed by atoms with E-state index >= 15 is 0 Å². The zero-order chi connectivity index (χ0) is 14.7. The molecule has 3 heterocycles. The number of piperidine rings is 1. The number of likely N-dealkylation sites (tertiary alicyclic amines) is 1. The van der Waals surface area contributed by atoms with Crippen molar-refractivity contribution in [3.05, 3.63) is 45.7 Å². The topological polar surface area (TPSA) is 29.0 Å². The van der Waals surface area contributed by atoms with Crippen LogP contribution in [-0.2, 0) is 12.8 Å². The van der Waals surface area contributed by atoms with Crippen molar-refractivity contribution in [3.8, 4) is 0 Å². The maximum atomic E-state index is 4.90. The number of thiazole rings is 1. The lowest BCUT2D eigenvalue weighted by molar-refractivity contribution is 0.256. The lowest BCUT2D eigenvalue weighted by atomic mass is 9.94. The molecule has 0 amide bonds. The van der Waals surface area contributed by atoms with E-state index in [1.165, 1.54) is 42.2 Å². The van der Waals surface area contributed by atoms with Crippen molar-refractivity contribution in [3.63, 3.8) is 0 Å². The van der Waals surface area contributed by atoms with Gasteiger partial charge in [0.15, 0.2) is 0 Å². The molecule has 3 rings (SSSR count). The van der Waals surface area contributed by atoms with E-state index in [0.717, 1.165) is 18.8 Å². The number of hydrogen-bond donors (Lipinski definition) is 0. The fraction of sp³-hybridized carbons (Fsp3) is 0.529. The molecule has 112 valence electrons. The summed E-state index contributed by atoms with van der Waals surface area (Å²) >= 11 is 1.94. The second kappa shape index (κ2) is 6.67. The lowest BCUT2D eigenvalue weighted by Gasteiger charge is -2.28. The fourth-order valence-corrected chi connectivity index (χ4v) is 4.37. The second-order valence-electron chi connectivity index (χ2n) is 5.88. The first-order valence-corrected chi connectivity index (χ1v) is 8.63. The molecule has 0 unspecified atom stereocenters. The van der Waals surface area contributed by atoms with Crippen LogP contribution in [-0.4, -0.2) is 35.0 Å². The van der Waals surface area contributed by atoms with Gasteiger partial charge in [-0.1, -0.05) is 6.92 Å². The van der Waals surface area contributed by atoms with Gasteiger partial charge in [0.05, 0.1) is 10.7 Å². The monoisotopic (exact) mass is 301 g/mol. The molecule has 2 aromatic rings. The Hall–Kier alpha value is -1.26. The zero-order valence-electron chi connectivity index (χ0n) is 12.9. The van der Waals surface area contributed by atoms with E-state index in [-0.39, 0.29) is 0 Å². The molecule has 0 aliphatic carbocycles. The van der Waals surface area contributed by atoms with E-state index in [4.69, 9.17) is 4.98 Å². The molecule has 0 bridgehead atoms. The van der Waals surface area contributed by atoms with Gasteiger partial charge in [0.25, 0.3) is 0 Å². The largest absolute Gasteiger partial charge is 0.306 e. The third kappa shape index (κ3) is 3.50. The molecule has 0 spiro atoms. The quantitative estimate of drug-likeness (QED) is 0.865.